The smallest absolute Gasteiger partial charge is 0.0665 e. The molecule has 11 heavy (non-hydrogen) atoms. The van der Waals surface area contributed by atoms with Crippen LogP contribution in [0.4, 0.5) is 0 Å². The molecular weight excluding hydrogens is 160 g/mol. The summed E-state index contributed by atoms with van der Waals surface area (Å²) in [7, 11) is 0. The highest BCUT2D eigenvalue weighted by atomic mass is 32.2. The standard InChI is InChI=1S/C8H16O2S/c9-4-6-11-7-8-3-1-2-5-10-8/h8-9H,1-7H2. The van der Waals surface area contributed by atoms with E-state index in [0.29, 0.717) is 6.10 Å². The first-order valence-corrected chi connectivity index (χ1v) is 5.39. The molecule has 2 nitrogen and oxygen atoms in total. The summed E-state index contributed by atoms with van der Waals surface area (Å²) in [6.07, 6.45) is 4.20. The minimum absolute atomic E-state index is 0.289. The van der Waals surface area contributed by atoms with Gasteiger partial charge in [0, 0.05) is 18.1 Å². The molecule has 0 aliphatic carbocycles. The summed E-state index contributed by atoms with van der Waals surface area (Å²) in [6, 6.07) is 0. The molecule has 1 heterocycles. The van der Waals surface area contributed by atoms with Gasteiger partial charge in [-0.1, -0.05) is 0 Å². The summed E-state index contributed by atoms with van der Waals surface area (Å²) in [5, 5.41) is 8.53. The SMILES string of the molecule is OCCSCC1CCCCO1. The van der Waals surface area contributed by atoms with Crippen molar-refractivity contribution >= 4 is 11.8 Å². The molecule has 1 saturated heterocycles. The van der Waals surface area contributed by atoms with Crippen LogP contribution in [0.15, 0.2) is 0 Å². The zero-order valence-corrected chi connectivity index (χ0v) is 7.61. The molecule has 0 aromatic rings. The first-order chi connectivity index (χ1) is 5.43. The first-order valence-electron chi connectivity index (χ1n) is 4.23. The summed E-state index contributed by atoms with van der Waals surface area (Å²) >= 11 is 1.78. The fourth-order valence-corrected chi connectivity index (χ4v) is 2.04. The number of aliphatic hydroxyl groups excluding tert-OH is 1. The van der Waals surface area contributed by atoms with E-state index in [4.69, 9.17) is 9.84 Å². The average Bonchev–Trinajstić information content (AvgIpc) is 2.07. The lowest BCUT2D eigenvalue weighted by Crippen LogP contribution is -2.21. The minimum Gasteiger partial charge on any atom is -0.396 e. The van der Waals surface area contributed by atoms with Crippen molar-refractivity contribution in [3.05, 3.63) is 0 Å². The maximum Gasteiger partial charge on any atom is 0.0665 e. The summed E-state index contributed by atoms with van der Waals surface area (Å²) in [6.45, 7) is 1.22. The Morgan fingerprint density at radius 1 is 1.45 bits per heavy atom. The van der Waals surface area contributed by atoms with E-state index >= 15 is 0 Å². The fraction of sp³-hybridized carbons (Fsp3) is 1.00. The van der Waals surface area contributed by atoms with E-state index in [-0.39, 0.29) is 6.61 Å². The van der Waals surface area contributed by atoms with Gasteiger partial charge in [-0.2, -0.15) is 11.8 Å². The van der Waals surface area contributed by atoms with Crippen molar-refractivity contribution in [3.63, 3.8) is 0 Å². The largest absolute Gasteiger partial charge is 0.396 e. The Kier molecular flexibility index (Phi) is 4.99. The highest BCUT2D eigenvalue weighted by Crippen LogP contribution is 2.16. The van der Waals surface area contributed by atoms with E-state index in [1.165, 1.54) is 19.3 Å². The van der Waals surface area contributed by atoms with E-state index in [2.05, 4.69) is 0 Å². The van der Waals surface area contributed by atoms with Crippen LogP contribution in [0.25, 0.3) is 0 Å². The van der Waals surface area contributed by atoms with E-state index < -0.39 is 0 Å². The quantitative estimate of drug-likeness (QED) is 0.654. The molecule has 66 valence electrons. The number of hydrogen-bond donors (Lipinski definition) is 1. The summed E-state index contributed by atoms with van der Waals surface area (Å²) in [5.74, 6) is 1.90. The van der Waals surface area contributed by atoms with Gasteiger partial charge in [0.25, 0.3) is 0 Å². The van der Waals surface area contributed by atoms with Crippen LogP contribution in [0.2, 0.25) is 0 Å². The van der Waals surface area contributed by atoms with Crippen LogP contribution in [-0.4, -0.2) is 35.9 Å². The van der Waals surface area contributed by atoms with Crippen molar-refractivity contribution < 1.29 is 9.84 Å². The lowest BCUT2D eigenvalue weighted by molar-refractivity contribution is 0.0315. The van der Waals surface area contributed by atoms with E-state index in [0.717, 1.165) is 18.1 Å². The van der Waals surface area contributed by atoms with Gasteiger partial charge in [0.05, 0.1) is 12.7 Å². The Hall–Kier alpha value is 0.270. The second kappa shape index (κ2) is 5.86. The zero-order chi connectivity index (χ0) is 7.94. The molecule has 0 saturated carbocycles. The van der Waals surface area contributed by atoms with E-state index in [1.54, 1.807) is 11.8 Å². The van der Waals surface area contributed by atoms with Gasteiger partial charge < -0.3 is 9.84 Å². The van der Waals surface area contributed by atoms with Crippen molar-refractivity contribution in [2.24, 2.45) is 0 Å². The van der Waals surface area contributed by atoms with Crippen molar-refractivity contribution in [3.8, 4) is 0 Å². The molecule has 0 amide bonds. The molecule has 0 spiro atoms. The third-order valence-corrected chi connectivity index (χ3v) is 2.89. The number of thioether (sulfide) groups is 1. The molecule has 0 radical (unpaired) electrons. The van der Waals surface area contributed by atoms with Crippen molar-refractivity contribution in [2.45, 2.75) is 25.4 Å². The fourth-order valence-electron chi connectivity index (χ4n) is 1.22. The van der Waals surface area contributed by atoms with Crippen LogP contribution < -0.4 is 0 Å². The molecular formula is C8H16O2S. The Labute approximate surface area is 72.3 Å². The van der Waals surface area contributed by atoms with Crippen LogP contribution in [0.1, 0.15) is 19.3 Å². The Morgan fingerprint density at radius 2 is 2.36 bits per heavy atom. The van der Waals surface area contributed by atoms with Crippen LogP contribution in [-0.2, 0) is 4.74 Å². The first kappa shape index (κ1) is 9.36. The van der Waals surface area contributed by atoms with Gasteiger partial charge in [0.2, 0.25) is 0 Å². The van der Waals surface area contributed by atoms with Gasteiger partial charge in [-0.25, -0.2) is 0 Å². The number of rotatable bonds is 4. The summed E-state index contributed by atoms with van der Waals surface area (Å²) < 4.78 is 5.52. The second-order valence-electron chi connectivity index (χ2n) is 2.79. The average molecular weight is 176 g/mol. The molecule has 1 N–H and O–H groups in total. The van der Waals surface area contributed by atoms with Crippen molar-refractivity contribution in [1.29, 1.82) is 0 Å². The molecule has 1 atom stereocenters. The Balaban J connectivity index is 1.96. The predicted molar refractivity (Wildman–Crippen MR) is 48.0 cm³/mol. The summed E-state index contributed by atoms with van der Waals surface area (Å²) in [4.78, 5) is 0. The highest BCUT2D eigenvalue weighted by Gasteiger charge is 2.12. The Morgan fingerprint density at radius 3 is 3.00 bits per heavy atom. The molecule has 0 aromatic carbocycles. The van der Waals surface area contributed by atoms with Gasteiger partial charge in [-0.3, -0.25) is 0 Å². The lowest BCUT2D eigenvalue weighted by atomic mass is 10.1. The molecule has 1 fully saturated rings. The third-order valence-electron chi connectivity index (χ3n) is 1.81. The number of aliphatic hydroxyl groups is 1. The van der Waals surface area contributed by atoms with Crippen LogP contribution in [0, 0.1) is 0 Å². The highest BCUT2D eigenvalue weighted by molar-refractivity contribution is 7.99. The van der Waals surface area contributed by atoms with Gasteiger partial charge in [0.15, 0.2) is 0 Å². The van der Waals surface area contributed by atoms with Crippen LogP contribution in [0.5, 0.6) is 0 Å². The van der Waals surface area contributed by atoms with Gasteiger partial charge in [-0.15, -0.1) is 0 Å². The molecule has 1 unspecified atom stereocenters. The molecule has 1 aliphatic rings. The molecule has 0 bridgehead atoms. The van der Waals surface area contributed by atoms with E-state index in [9.17, 15) is 0 Å². The normalized spacial score (nSPS) is 25.4. The van der Waals surface area contributed by atoms with Crippen molar-refractivity contribution in [2.75, 3.05) is 24.7 Å². The Bertz CT molecular complexity index is 92.1. The maximum atomic E-state index is 8.53. The summed E-state index contributed by atoms with van der Waals surface area (Å²) in [5.41, 5.74) is 0. The predicted octanol–water partition coefficient (Wildman–Crippen LogP) is 1.28. The van der Waals surface area contributed by atoms with Crippen LogP contribution >= 0.6 is 11.8 Å². The molecule has 0 aromatic heterocycles. The monoisotopic (exact) mass is 176 g/mol. The number of hydrogen-bond acceptors (Lipinski definition) is 3. The molecule has 1 aliphatic heterocycles. The lowest BCUT2D eigenvalue weighted by Gasteiger charge is -2.21. The zero-order valence-electron chi connectivity index (χ0n) is 6.79. The topological polar surface area (TPSA) is 29.5 Å². The third kappa shape index (κ3) is 3.99. The van der Waals surface area contributed by atoms with Gasteiger partial charge >= 0.3 is 0 Å². The van der Waals surface area contributed by atoms with Crippen LogP contribution in [0.3, 0.4) is 0 Å². The maximum absolute atomic E-state index is 8.53. The van der Waals surface area contributed by atoms with E-state index in [1.807, 2.05) is 0 Å². The second-order valence-corrected chi connectivity index (χ2v) is 3.94. The molecule has 1 rings (SSSR count). The van der Waals surface area contributed by atoms with Crippen molar-refractivity contribution in [1.82, 2.24) is 0 Å². The van der Waals surface area contributed by atoms with Gasteiger partial charge in [0.1, 0.15) is 0 Å². The molecule has 3 heteroatoms. The minimum atomic E-state index is 0.289. The van der Waals surface area contributed by atoms with Gasteiger partial charge in [-0.05, 0) is 19.3 Å². The number of ether oxygens (including phenoxy) is 1.